The lowest BCUT2D eigenvalue weighted by Gasteiger charge is -2.35. The molecule has 1 saturated carbocycles. The van der Waals surface area contributed by atoms with Gasteiger partial charge >= 0.3 is 12.1 Å². The Labute approximate surface area is 294 Å². The highest BCUT2D eigenvalue weighted by Gasteiger charge is 2.31. The van der Waals surface area contributed by atoms with Crippen molar-refractivity contribution < 1.29 is 38.4 Å². The summed E-state index contributed by atoms with van der Waals surface area (Å²) in [7, 11) is 1.71. The number of hydrogen-bond acceptors (Lipinski definition) is 8. The number of likely N-dealkylation sites (N-methyl/N-ethyl adjacent to an activating group) is 1. The molecule has 0 unspecified atom stereocenters. The third kappa shape index (κ3) is 9.94. The molecule has 4 N–H and O–H groups in total. The van der Waals surface area contributed by atoms with Crippen molar-refractivity contribution in [2.75, 3.05) is 50.8 Å². The van der Waals surface area contributed by atoms with E-state index in [1.54, 1.807) is 60.2 Å². The molecule has 3 aliphatic rings. The molecule has 0 spiro atoms. The Kier molecular flexibility index (Phi) is 13.1. The minimum absolute atomic E-state index is 0.137. The van der Waals surface area contributed by atoms with E-state index in [9.17, 15) is 19.5 Å². The van der Waals surface area contributed by atoms with E-state index in [-0.39, 0.29) is 62.5 Å². The molecule has 50 heavy (non-hydrogen) atoms. The average molecular weight is 696 g/mol. The van der Waals surface area contributed by atoms with Gasteiger partial charge in [-0.1, -0.05) is 26.2 Å². The van der Waals surface area contributed by atoms with Gasteiger partial charge in [-0.2, -0.15) is 0 Å². The monoisotopic (exact) mass is 695 g/mol. The summed E-state index contributed by atoms with van der Waals surface area (Å²) in [5, 5.41) is 19.1. The van der Waals surface area contributed by atoms with Gasteiger partial charge in [-0.15, -0.1) is 0 Å². The van der Waals surface area contributed by atoms with Crippen LogP contribution in [0.3, 0.4) is 0 Å². The maximum Gasteiger partial charge on any atom is 0.321 e. The molecule has 5 rings (SSSR count). The molecule has 1 fully saturated rings. The molecule has 4 atom stereocenters. The number of amides is 5. The second-order valence-corrected chi connectivity index (χ2v) is 13.8. The summed E-state index contributed by atoms with van der Waals surface area (Å²) in [5.41, 5.74) is 1.35. The van der Waals surface area contributed by atoms with E-state index in [1.807, 2.05) is 13.8 Å². The van der Waals surface area contributed by atoms with Gasteiger partial charge in [0.1, 0.15) is 5.75 Å². The molecule has 5 amide bonds. The molecule has 2 aromatic rings. The number of benzene rings is 2. The molecule has 13 heteroatoms. The first-order valence-electron chi connectivity index (χ1n) is 17.9. The van der Waals surface area contributed by atoms with E-state index < -0.39 is 12.1 Å². The molecular weight excluding hydrogens is 642 g/mol. The molecule has 1 aliphatic carbocycles. The Hall–Kier alpha value is -4.23. The molecule has 0 bridgehead atoms. The summed E-state index contributed by atoms with van der Waals surface area (Å²) < 4.78 is 23.5. The van der Waals surface area contributed by atoms with E-state index in [4.69, 9.17) is 18.9 Å². The largest absolute Gasteiger partial charge is 0.490 e. The predicted molar refractivity (Wildman–Crippen MR) is 190 cm³/mol. The summed E-state index contributed by atoms with van der Waals surface area (Å²) >= 11 is 0. The Morgan fingerprint density at radius 3 is 2.40 bits per heavy atom. The minimum atomic E-state index is -0.526. The molecule has 0 aromatic heterocycles. The van der Waals surface area contributed by atoms with Gasteiger partial charge in [-0.25, -0.2) is 9.59 Å². The number of aliphatic hydroxyl groups excluding tert-OH is 1. The molecule has 0 radical (unpaired) electrons. The van der Waals surface area contributed by atoms with Gasteiger partial charge in [0.05, 0.1) is 30.4 Å². The van der Waals surface area contributed by atoms with E-state index in [2.05, 4.69) is 16.0 Å². The molecule has 274 valence electrons. The summed E-state index contributed by atoms with van der Waals surface area (Å²) in [6, 6.07) is 9.36. The second-order valence-electron chi connectivity index (χ2n) is 13.8. The van der Waals surface area contributed by atoms with Crippen molar-refractivity contribution in [3.05, 3.63) is 42.0 Å². The molecule has 2 aliphatic heterocycles. The van der Waals surface area contributed by atoms with E-state index in [0.29, 0.717) is 40.8 Å². The average Bonchev–Trinajstić information content (AvgIpc) is 3.58. The van der Waals surface area contributed by atoms with Crippen LogP contribution >= 0.6 is 0 Å². The van der Waals surface area contributed by atoms with E-state index in [1.165, 1.54) is 6.42 Å². The number of carbonyl (C=O) groups is 3. The summed E-state index contributed by atoms with van der Waals surface area (Å²) in [6.07, 6.45) is 7.11. The number of hydrogen-bond donors (Lipinski definition) is 4. The minimum Gasteiger partial charge on any atom is -0.490 e. The smallest absolute Gasteiger partial charge is 0.321 e. The number of anilines is 2. The lowest BCUT2D eigenvalue weighted by Crippen LogP contribution is -2.48. The van der Waals surface area contributed by atoms with Crippen molar-refractivity contribution in [1.82, 2.24) is 15.1 Å². The van der Waals surface area contributed by atoms with Crippen molar-refractivity contribution >= 4 is 29.3 Å². The molecular formula is C37H53N5O8. The topological polar surface area (TPSA) is 151 Å². The number of nitrogens with zero attached hydrogens (tertiary/aromatic N) is 2. The van der Waals surface area contributed by atoms with Crippen LogP contribution in [0.1, 0.15) is 82.5 Å². The Balaban J connectivity index is 1.33. The van der Waals surface area contributed by atoms with Crippen LogP contribution in [0, 0.1) is 5.92 Å². The van der Waals surface area contributed by atoms with Gasteiger partial charge < -0.3 is 49.8 Å². The number of nitrogens with one attached hydrogen (secondary N) is 3. The van der Waals surface area contributed by atoms with Crippen LogP contribution in [0.4, 0.5) is 21.0 Å². The number of aliphatic hydroxyl groups is 1. The normalized spacial score (nSPS) is 22.4. The zero-order chi connectivity index (χ0) is 35.6. The van der Waals surface area contributed by atoms with Gasteiger partial charge in [-0.05, 0) is 76.3 Å². The highest BCUT2D eigenvalue weighted by Crippen LogP contribution is 2.34. The number of rotatable bonds is 7. The molecule has 0 saturated heterocycles. The summed E-state index contributed by atoms with van der Waals surface area (Å²) in [6.45, 7) is 6.63. The molecule has 13 nitrogen and oxygen atoms in total. The van der Waals surface area contributed by atoms with Gasteiger partial charge in [0, 0.05) is 56.1 Å². The number of urea groups is 2. The fraction of sp³-hybridized carbons (Fsp3) is 0.595. The number of fused-ring (bicyclic) bond motifs is 2. The third-order valence-electron chi connectivity index (χ3n) is 9.67. The summed E-state index contributed by atoms with van der Waals surface area (Å²) in [5.74, 6) is 1.08. The van der Waals surface area contributed by atoms with Crippen molar-refractivity contribution in [3.63, 3.8) is 0 Å². The van der Waals surface area contributed by atoms with Crippen LogP contribution in [0.15, 0.2) is 36.4 Å². The second kappa shape index (κ2) is 17.6. The van der Waals surface area contributed by atoms with Gasteiger partial charge in [0.2, 0.25) is 6.79 Å². The van der Waals surface area contributed by atoms with Crippen LogP contribution in [-0.2, 0) is 4.74 Å². The van der Waals surface area contributed by atoms with Crippen LogP contribution in [0.25, 0.3) is 0 Å². The van der Waals surface area contributed by atoms with E-state index in [0.717, 1.165) is 44.9 Å². The zero-order valence-electron chi connectivity index (χ0n) is 29.7. The van der Waals surface area contributed by atoms with Crippen LogP contribution < -0.4 is 30.2 Å². The first-order valence-corrected chi connectivity index (χ1v) is 17.9. The first-order chi connectivity index (χ1) is 24.1. The van der Waals surface area contributed by atoms with Crippen molar-refractivity contribution in [3.8, 4) is 17.2 Å². The first kappa shape index (κ1) is 37.0. The maximum atomic E-state index is 14.4. The molecule has 2 aromatic carbocycles. The maximum absolute atomic E-state index is 14.4. The van der Waals surface area contributed by atoms with Gasteiger partial charge in [-0.3, -0.25) is 4.79 Å². The number of ether oxygens (including phenoxy) is 4. The molecule has 2 heterocycles. The predicted octanol–water partition coefficient (Wildman–Crippen LogP) is 5.83. The summed E-state index contributed by atoms with van der Waals surface area (Å²) in [4.78, 5) is 43.8. The van der Waals surface area contributed by atoms with Crippen LogP contribution in [0.5, 0.6) is 17.2 Å². The van der Waals surface area contributed by atoms with Crippen molar-refractivity contribution in [2.45, 2.75) is 96.4 Å². The van der Waals surface area contributed by atoms with Crippen LogP contribution in [0.2, 0.25) is 0 Å². The Morgan fingerprint density at radius 1 is 0.940 bits per heavy atom. The number of carbonyl (C=O) groups excluding carboxylic acids is 3. The van der Waals surface area contributed by atoms with E-state index >= 15 is 0 Å². The lowest BCUT2D eigenvalue weighted by molar-refractivity contribution is -0.0115. The third-order valence-corrected chi connectivity index (χ3v) is 9.67. The van der Waals surface area contributed by atoms with Gasteiger partial charge in [0.15, 0.2) is 11.5 Å². The SMILES string of the molecule is C[C@@H]1CCCCO[C@H](CN(C)C(=O)Nc2ccc3c(c2)OCO3)[C@H](C)CN([C@@H](C)CO)C(=O)c2cc(NC(=O)NC3CCCCC3)ccc2O1. The fourth-order valence-electron chi connectivity index (χ4n) is 6.61. The van der Waals surface area contributed by atoms with Gasteiger partial charge in [0.25, 0.3) is 5.91 Å². The highest BCUT2D eigenvalue weighted by molar-refractivity contribution is 5.99. The van der Waals surface area contributed by atoms with Crippen molar-refractivity contribution in [2.24, 2.45) is 5.92 Å². The standard InChI is InChI=1S/C37H53N5O8/c1-24-20-42(25(2)22-43)35(44)30-18-28(39-36(45)38-27-11-6-5-7-12-27)13-15-31(30)50-26(3)10-8-9-17-47-34(24)21-41(4)37(46)40-29-14-16-32-33(19-29)49-23-48-32/h13-16,18-19,24-27,34,43H,5-12,17,20-23H2,1-4H3,(H,40,46)(H2,38,39,45)/t24-,25+,26-,34-/m1/s1. The zero-order valence-corrected chi connectivity index (χ0v) is 29.7. The van der Waals surface area contributed by atoms with Crippen molar-refractivity contribution in [1.29, 1.82) is 0 Å². The fourth-order valence-corrected chi connectivity index (χ4v) is 6.61. The van der Waals surface area contributed by atoms with Crippen LogP contribution in [-0.4, -0.2) is 97.3 Å². The Morgan fingerprint density at radius 2 is 1.64 bits per heavy atom. The lowest BCUT2D eigenvalue weighted by atomic mass is 9.96. The Bertz CT molecular complexity index is 1470. The quantitative estimate of drug-likeness (QED) is 0.283. The highest BCUT2D eigenvalue weighted by atomic mass is 16.7.